The van der Waals surface area contributed by atoms with E-state index in [0.717, 1.165) is 17.8 Å². The molecule has 2 N–H and O–H groups in total. The molecule has 0 spiro atoms. The van der Waals surface area contributed by atoms with Gasteiger partial charge in [0.1, 0.15) is 17.2 Å². The number of halogens is 4. The van der Waals surface area contributed by atoms with Crippen LogP contribution in [0.3, 0.4) is 0 Å². The van der Waals surface area contributed by atoms with E-state index in [1.807, 2.05) is 19.1 Å². The third-order valence-corrected chi connectivity index (χ3v) is 6.06. The largest absolute Gasteiger partial charge is 0.495 e. The number of nitrogens with zero attached hydrogens (tertiary/aromatic N) is 3. The molecule has 2 aromatic carbocycles. The van der Waals surface area contributed by atoms with Gasteiger partial charge in [-0.25, -0.2) is 0 Å². The summed E-state index contributed by atoms with van der Waals surface area (Å²) in [5, 5.41) is 0.160. The molecule has 3 aromatic rings. The Morgan fingerprint density at radius 3 is 2.58 bits per heavy atom. The van der Waals surface area contributed by atoms with E-state index >= 15 is 0 Å². The van der Waals surface area contributed by atoms with Gasteiger partial charge in [-0.15, -0.1) is 0 Å². The highest BCUT2D eigenvalue weighted by Gasteiger charge is 2.33. The van der Waals surface area contributed by atoms with E-state index in [1.165, 1.54) is 37.4 Å². The number of rotatable bonds is 9. The van der Waals surface area contributed by atoms with E-state index in [2.05, 4.69) is 9.98 Å². The number of carbonyl (C=O) groups excluding carboxylic acids is 1. The summed E-state index contributed by atoms with van der Waals surface area (Å²) < 4.78 is 51.3. The first-order valence-corrected chi connectivity index (χ1v) is 12.0. The third kappa shape index (κ3) is 6.25. The minimum atomic E-state index is -4.64. The molecule has 1 heterocycles. The fourth-order valence-corrected chi connectivity index (χ4v) is 4.17. The van der Waals surface area contributed by atoms with Crippen molar-refractivity contribution in [1.82, 2.24) is 4.98 Å². The van der Waals surface area contributed by atoms with Crippen molar-refractivity contribution in [2.45, 2.75) is 19.5 Å². The van der Waals surface area contributed by atoms with Crippen LogP contribution < -0.4 is 20.1 Å². The number of hydrogen-bond acceptors (Lipinski definition) is 6. The second kappa shape index (κ2) is 12.3. The maximum absolute atomic E-state index is 13.8. The monoisotopic (exact) mass is 548 g/mol. The molecule has 0 unspecified atom stereocenters. The molecule has 3 rings (SSSR count). The van der Waals surface area contributed by atoms with Gasteiger partial charge in [-0.1, -0.05) is 23.7 Å². The van der Waals surface area contributed by atoms with Gasteiger partial charge < -0.3 is 20.1 Å². The summed E-state index contributed by atoms with van der Waals surface area (Å²) >= 11 is 6.58. The second-order valence-corrected chi connectivity index (χ2v) is 8.76. The van der Waals surface area contributed by atoms with Crippen LogP contribution in [-0.4, -0.2) is 51.5 Å². The molecule has 1 aromatic heterocycles. The summed E-state index contributed by atoms with van der Waals surface area (Å²) in [4.78, 5) is 22.7. The van der Waals surface area contributed by atoms with Gasteiger partial charge >= 0.3 is 6.18 Å². The predicted octanol–water partition coefficient (Wildman–Crippen LogP) is 5.79. The molecule has 0 aliphatic rings. The first-order valence-electron chi connectivity index (χ1n) is 11.6. The molecule has 0 saturated heterocycles. The highest BCUT2D eigenvalue weighted by molar-refractivity contribution is 6.34. The van der Waals surface area contributed by atoms with E-state index in [9.17, 15) is 18.0 Å². The van der Waals surface area contributed by atoms with Crippen molar-refractivity contribution in [3.8, 4) is 22.6 Å². The van der Waals surface area contributed by atoms with Gasteiger partial charge in [0.2, 0.25) is 0 Å². The standard InChI is InChI=1S/C27H28ClF3N4O3/c1-16-7-5-8-22(37-4)25(16)35(3)26(36)19-12-18(21(28)13-23(19)38-10-6-9-32)20-15-34-24(27(29,30)31)11-17(20)14-33-2/h5,7-8,11-15H,6,9-10,32H2,1-4H3. The van der Waals surface area contributed by atoms with Gasteiger partial charge in [-0.05, 0) is 43.7 Å². The predicted molar refractivity (Wildman–Crippen MR) is 143 cm³/mol. The number of hydrogen-bond donors (Lipinski definition) is 1. The molecule has 0 aliphatic heterocycles. The minimum Gasteiger partial charge on any atom is -0.495 e. The molecule has 202 valence electrons. The van der Waals surface area contributed by atoms with Gasteiger partial charge in [0.15, 0.2) is 0 Å². The van der Waals surface area contributed by atoms with E-state index in [4.69, 9.17) is 26.8 Å². The number of carbonyl (C=O) groups is 1. The normalized spacial score (nSPS) is 11.6. The summed E-state index contributed by atoms with van der Waals surface area (Å²) in [5.41, 5.74) is 6.72. The number of benzene rings is 2. The quantitative estimate of drug-likeness (QED) is 0.270. The summed E-state index contributed by atoms with van der Waals surface area (Å²) in [6, 6.07) is 9.23. The summed E-state index contributed by atoms with van der Waals surface area (Å²) in [6.45, 7) is 2.46. The van der Waals surface area contributed by atoms with Crippen LogP contribution in [0.15, 0.2) is 47.6 Å². The molecule has 0 radical (unpaired) electrons. The lowest BCUT2D eigenvalue weighted by atomic mass is 9.98. The first kappa shape index (κ1) is 28.9. The number of pyridine rings is 1. The smallest absolute Gasteiger partial charge is 0.433 e. The van der Waals surface area contributed by atoms with Crippen LogP contribution in [0, 0.1) is 6.92 Å². The topological polar surface area (TPSA) is 90.0 Å². The van der Waals surface area contributed by atoms with Gasteiger partial charge in [-0.3, -0.25) is 14.8 Å². The molecule has 1 amide bonds. The number of aliphatic imine (C=N–C) groups is 1. The second-order valence-electron chi connectivity index (χ2n) is 8.35. The van der Waals surface area contributed by atoms with Crippen LogP contribution in [0.1, 0.15) is 33.6 Å². The zero-order valence-electron chi connectivity index (χ0n) is 21.4. The van der Waals surface area contributed by atoms with Crippen molar-refractivity contribution in [2.24, 2.45) is 10.7 Å². The number of aryl methyl sites for hydroxylation is 1. The fourth-order valence-electron chi connectivity index (χ4n) is 3.92. The summed E-state index contributed by atoms with van der Waals surface area (Å²) in [5.74, 6) is 0.264. The summed E-state index contributed by atoms with van der Waals surface area (Å²) in [7, 11) is 4.54. The molecule has 0 atom stereocenters. The van der Waals surface area contributed by atoms with Crippen molar-refractivity contribution >= 4 is 29.4 Å². The molecule has 38 heavy (non-hydrogen) atoms. The molecule has 0 bridgehead atoms. The number of amides is 1. The lowest BCUT2D eigenvalue weighted by molar-refractivity contribution is -0.141. The van der Waals surface area contributed by atoms with Crippen LogP contribution in [0.2, 0.25) is 5.02 Å². The Morgan fingerprint density at radius 2 is 1.95 bits per heavy atom. The molecule has 11 heteroatoms. The van der Waals surface area contributed by atoms with Gasteiger partial charge in [0.25, 0.3) is 5.91 Å². The number of ether oxygens (including phenoxy) is 2. The SMILES string of the molecule is CN=Cc1cc(C(F)(F)F)ncc1-c1cc(C(=O)N(C)c2c(C)cccc2OC)c(OCCCN)cc1Cl. The molecular formula is C27H28ClF3N4O3. The van der Waals surface area contributed by atoms with E-state index in [0.29, 0.717) is 30.0 Å². The van der Waals surface area contributed by atoms with E-state index < -0.39 is 17.8 Å². The van der Waals surface area contributed by atoms with Crippen LogP contribution in [0.4, 0.5) is 18.9 Å². The lowest BCUT2D eigenvalue weighted by Gasteiger charge is -2.24. The molecule has 0 aliphatic carbocycles. The number of aromatic nitrogens is 1. The zero-order valence-corrected chi connectivity index (χ0v) is 22.2. The van der Waals surface area contributed by atoms with Crippen molar-refractivity contribution < 1.29 is 27.4 Å². The maximum atomic E-state index is 13.8. The zero-order chi connectivity index (χ0) is 28.0. The van der Waals surface area contributed by atoms with Crippen LogP contribution in [0.25, 0.3) is 11.1 Å². The minimum absolute atomic E-state index is 0.140. The molecule has 0 fully saturated rings. The highest BCUT2D eigenvalue weighted by atomic mass is 35.5. The Morgan fingerprint density at radius 1 is 1.21 bits per heavy atom. The number of methoxy groups -OCH3 is 1. The number of anilines is 1. The van der Waals surface area contributed by atoms with E-state index in [1.54, 1.807) is 13.1 Å². The van der Waals surface area contributed by atoms with Gasteiger partial charge in [0.05, 0.1) is 30.0 Å². The Hall–Kier alpha value is -3.63. The Bertz CT molecular complexity index is 1350. The maximum Gasteiger partial charge on any atom is 0.433 e. The van der Waals surface area contributed by atoms with Crippen LogP contribution >= 0.6 is 11.6 Å². The number of para-hydroxylation sites is 1. The first-order chi connectivity index (χ1) is 18.0. The fraction of sp³-hybridized carbons (Fsp3) is 0.296. The van der Waals surface area contributed by atoms with Crippen LogP contribution in [-0.2, 0) is 6.18 Å². The van der Waals surface area contributed by atoms with Crippen molar-refractivity contribution in [3.05, 3.63) is 70.0 Å². The molecule has 7 nitrogen and oxygen atoms in total. The van der Waals surface area contributed by atoms with Crippen LogP contribution in [0.5, 0.6) is 11.5 Å². The summed E-state index contributed by atoms with van der Waals surface area (Å²) in [6.07, 6.45) is -1.76. The lowest BCUT2D eigenvalue weighted by Crippen LogP contribution is -2.28. The number of nitrogens with two attached hydrogens (primary N) is 1. The average Bonchev–Trinajstić information content (AvgIpc) is 2.88. The molecule has 0 saturated carbocycles. The van der Waals surface area contributed by atoms with Crippen molar-refractivity contribution in [3.63, 3.8) is 0 Å². The molecular weight excluding hydrogens is 521 g/mol. The third-order valence-electron chi connectivity index (χ3n) is 5.75. The van der Waals surface area contributed by atoms with Crippen molar-refractivity contribution in [1.29, 1.82) is 0 Å². The average molecular weight is 549 g/mol. The Kier molecular flexibility index (Phi) is 9.35. The Balaban J connectivity index is 2.20. The number of alkyl halides is 3. The highest BCUT2D eigenvalue weighted by Crippen LogP contribution is 2.39. The van der Waals surface area contributed by atoms with E-state index in [-0.39, 0.29) is 34.1 Å². The Labute approximate surface area is 224 Å². The van der Waals surface area contributed by atoms with Crippen molar-refractivity contribution in [2.75, 3.05) is 39.3 Å². The van der Waals surface area contributed by atoms with Gasteiger partial charge in [0, 0.05) is 49.3 Å². The van der Waals surface area contributed by atoms with Gasteiger partial charge in [-0.2, -0.15) is 13.2 Å².